The molecule has 2 nitrogen and oxygen atoms in total. The molecule has 0 unspecified atom stereocenters. The monoisotopic (exact) mass is 430 g/mol. The van der Waals surface area contributed by atoms with Crippen LogP contribution in [0.1, 0.15) is 0 Å². The molecular weight excluding hydrogens is 423 g/mol. The lowest BCUT2D eigenvalue weighted by Gasteiger charge is -2.03. The van der Waals surface area contributed by atoms with Crippen LogP contribution in [0.5, 0.6) is 0 Å². The van der Waals surface area contributed by atoms with Crippen molar-refractivity contribution in [1.82, 2.24) is 4.98 Å². The first-order valence-corrected chi connectivity index (χ1v) is 7.99. The maximum atomic E-state index is 4.58. The van der Waals surface area contributed by atoms with Crippen LogP contribution < -0.4 is 5.32 Å². The number of hydrogen-bond donors (Lipinski definition) is 1. The van der Waals surface area contributed by atoms with Gasteiger partial charge in [0.1, 0.15) is 0 Å². The van der Waals surface area contributed by atoms with Crippen LogP contribution in [-0.2, 0) is 0 Å². The van der Waals surface area contributed by atoms with E-state index in [1.54, 1.807) is 11.3 Å². The molecule has 0 aliphatic rings. The number of para-hydroxylation sites is 1. The normalized spacial score (nSPS) is 10.8. The highest BCUT2D eigenvalue weighted by molar-refractivity contribution is 14.1. The van der Waals surface area contributed by atoms with Gasteiger partial charge in [-0.25, -0.2) is 4.98 Å². The van der Waals surface area contributed by atoms with E-state index < -0.39 is 0 Å². The molecular formula is C13H8BrIN2S. The van der Waals surface area contributed by atoms with Crippen LogP contribution in [-0.4, -0.2) is 4.98 Å². The summed E-state index contributed by atoms with van der Waals surface area (Å²) in [4.78, 5) is 4.58. The van der Waals surface area contributed by atoms with Crippen LogP contribution in [0, 0.1) is 3.57 Å². The lowest BCUT2D eigenvalue weighted by molar-refractivity contribution is 1.43. The van der Waals surface area contributed by atoms with Crippen LogP contribution in [0.2, 0.25) is 0 Å². The zero-order valence-electron chi connectivity index (χ0n) is 9.15. The number of fused-ring (bicyclic) bond motifs is 1. The first-order chi connectivity index (χ1) is 8.72. The molecule has 0 bridgehead atoms. The molecule has 90 valence electrons. The van der Waals surface area contributed by atoms with Gasteiger partial charge in [-0.05, 0) is 52.9 Å². The number of rotatable bonds is 2. The second-order valence-corrected chi connectivity index (χ2v) is 6.84. The van der Waals surface area contributed by atoms with Crippen molar-refractivity contribution in [3.63, 3.8) is 0 Å². The number of aromatic nitrogens is 1. The highest BCUT2D eigenvalue weighted by Crippen LogP contribution is 2.31. The van der Waals surface area contributed by atoms with Crippen LogP contribution in [0.25, 0.3) is 10.2 Å². The fourth-order valence-electron chi connectivity index (χ4n) is 1.63. The van der Waals surface area contributed by atoms with Crippen LogP contribution >= 0.6 is 49.9 Å². The minimum Gasteiger partial charge on any atom is -0.331 e. The highest BCUT2D eigenvalue weighted by atomic mass is 127. The second-order valence-electron chi connectivity index (χ2n) is 3.74. The van der Waals surface area contributed by atoms with Gasteiger partial charge in [0.15, 0.2) is 5.13 Å². The fourth-order valence-corrected chi connectivity index (χ4v) is 3.36. The Morgan fingerprint density at radius 1 is 1.17 bits per heavy atom. The summed E-state index contributed by atoms with van der Waals surface area (Å²) in [6.07, 6.45) is 0. The summed E-state index contributed by atoms with van der Waals surface area (Å²) >= 11 is 7.44. The SMILES string of the molecule is Brc1ccc2sc(Nc3ccccc3I)nc2c1. The van der Waals surface area contributed by atoms with Crippen molar-refractivity contribution in [1.29, 1.82) is 0 Å². The summed E-state index contributed by atoms with van der Waals surface area (Å²) < 4.78 is 3.43. The third-order valence-corrected chi connectivity index (χ3v) is 4.85. The molecule has 1 aromatic heterocycles. The molecule has 3 rings (SSSR count). The number of benzene rings is 2. The van der Waals surface area contributed by atoms with E-state index in [1.807, 2.05) is 24.3 Å². The molecule has 1 N–H and O–H groups in total. The number of thiazole rings is 1. The molecule has 2 aromatic carbocycles. The minimum absolute atomic E-state index is 0.923. The largest absolute Gasteiger partial charge is 0.331 e. The molecule has 0 amide bonds. The molecule has 3 aromatic rings. The molecule has 0 aliphatic carbocycles. The Kier molecular flexibility index (Phi) is 3.54. The summed E-state index contributed by atoms with van der Waals surface area (Å²) in [6.45, 7) is 0. The predicted molar refractivity (Wildman–Crippen MR) is 89.8 cm³/mol. The van der Waals surface area contributed by atoms with Gasteiger partial charge in [0, 0.05) is 8.04 Å². The van der Waals surface area contributed by atoms with Crippen LogP contribution in [0.4, 0.5) is 10.8 Å². The molecule has 0 spiro atoms. The van der Waals surface area contributed by atoms with Crippen molar-refractivity contribution in [2.24, 2.45) is 0 Å². The van der Waals surface area contributed by atoms with E-state index in [0.29, 0.717) is 0 Å². The molecule has 18 heavy (non-hydrogen) atoms. The second kappa shape index (κ2) is 5.14. The average molecular weight is 431 g/mol. The van der Waals surface area contributed by atoms with Crippen molar-refractivity contribution in [2.75, 3.05) is 5.32 Å². The van der Waals surface area contributed by atoms with E-state index in [0.717, 1.165) is 20.8 Å². The molecule has 0 aliphatic heterocycles. The van der Waals surface area contributed by atoms with Crippen molar-refractivity contribution in [3.05, 3.63) is 50.5 Å². The Morgan fingerprint density at radius 3 is 2.83 bits per heavy atom. The minimum atomic E-state index is 0.923. The Labute approximate surface area is 131 Å². The van der Waals surface area contributed by atoms with Gasteiger partial charge in [-0.3, -0.25) is 0 Å². The average Bonchev–Trinajstić information content (AvgIpc) is 2.73. The zero-order chi connectivity index (χ0) is 12.5. The van der Waals surface area contributed by atoms with E-state index in [4.69, 9.17) is 0 Å². The molecule has 1 heterocycles. The van der Waals surface area contributed by atoms with Gasteiger partial charge in [0.05, 0.1) is 15.9 Å². The summed E-state index contributed by atoms with van der Waals surface area (Å²) in [7, 11) is 0. The first kappa shape index (κ1) is 12.4. The van der Waals surface area contributed by atoms with Crippen molar-refractivity contribution < 1.29 is 0 Å². The molecule has 0 fully saturated rings. The number of hydrogen-bond acceptors (Lipinski definition) is 3. The Morgan fingerprint density at radius 2 is 2.00 bits per heavy atom. The number of halogens is 2. The molecule has 0 saturated heterocycles. The van der Waals surface area contributed by atoms with E-state index in [1.165, 1.54) is 8.27 Å². The van der Waals surface area contributed by atoms with Crippen molar-refractivity contribution >= 4 is 70.9 Å². The Hall–Kier alpha value is -0.660. The molecule has 5 heteroatoms. The summed E-state index contributed by atoms with van der Waals surface area (Å²) in [6, 6.07) is 14.3. The lowest BCUT2D eigenvalue weighted by Crippen LogP contribution is -1.91. The maximum absolute atomic E-state index is 4.58. The van der Waals surface area contributed by atoms with Gasteiger partial charge in [-0.1, -0.05) is 39.4 Å². The summed E-state index contributed by atoms with van der Waals surface area (Å²) in [5, 5.41) is 4.29. The standard InChI is InChI=1S/C13H8BrIN2S/c14-8-5-6-12-11(7-8)17-13(18-12)16-10-4-2-1-3-9(10)15/h1-7H,(H,16,17). The van der Waals surface area contributed by atoms with E-state index >= 15 is 0 Å². The predicted octanol–water partition coefficient (Wildman–Crippen LogP) is 5.41. The van der Waals surface area contributed by atoms with E-state index in [2.05, 4.69) is 67.0 Å². The molecule has 0 atom stereocenters. The summed E-state index contributed by atoms with van der Waals surface area (Å²) in [5.74, 6) is 0. The Balaban J connectivity index is 1.98. The van der Waals surface area contributed by atoms with Crippen molar-refractivity contribution in [3.8, 4) is 0 Å². The van der Waals surface area contributed by atoms with Crippen molar-refractivity contribution in [2.45, 2.75) is 0 Å². The molecule has 0 radical (unpaired) electrons. The van der Waals surface area contributed by atoms with Crippen LogP contribution in [0.15, 0.2) is 46.9 Å². The lowest BCUT2D eigenvalue weighted by atomic mass is 10.3. The highest BCUT2D eigenvalue weighted by Gasteiger charge is 2.05. The quantitative estimate of drug-likeness (QED) is 0.550. The number of nitrogens with one attached hydrogen (secondary N) is 1. The van der Waals surface area contributed by atoms with Gasteiger partial charge >= 0.3 is 0 Å². The summed E-state index contributed by atoms with van der Waals surface area (Å²) in [5.41, 5.74) is 2.11. The topological polar surface area (TPSA) is 24.9 Å². The van der Waals surface area contributed by atoms with E-state index in [9.17, 15) is 0 Å². The van der Waals surface area contributed by atoms with Gasteiger partial charge in [-0.15, -0.1) is 0 Å². The first-order valence-electron chi connectivity index (χ1n) is 5.30. The maximum Gasteiger partial charge on any atom is 0.188 e. The number of nitrogens with zero attached hydrogens (tertiary/aromatic N) is 1. The zero-order valence-corrected chi connectivity index (χ0v) is 13.7. The fraction of sp³-hybridized carbons (Fsp3) is 0. The van der Waals surface area contributed by atoms with Gasteiger partial charge < -0.3 is 5.32 Å². The van der Waals surface area contributed by atoms with E-state index in [-0.39, 0.29) is 0 Å². The third kappa shape index (κ3) is 2.53. The van der Waals surface area contributed by atoms with Gasteiger partial charge in [0.25, 0.3) is 0 Å². The van der Waals surface area contributed by atoms with Crippen LogP contribution in [0.3, 0.4) is 0 Å². The third-order valence-electron chi connectivity index (χ3n) is 2.47. The van der Waals surface area contributed by atoms with Gasteiger partial charge in [0.2, 0.25) is 0 Å². The smallest absolute Gasteiger partial charge is 0.188 e. The Bertz CT molecular complexity index is 711. The number of anilines is 2. The molecule has 0 saturated carbocycles. The van der Waals surface area contributed by atoms with Gasteiger partial charge in [-0.2, -0.15) is 0 Å².